The molecule has 62 heavy (non-hydrogen) atoms. The SMILES string of the molecule is CCCCCCCC/C=C\CCCCCCCCCCCC(=O)OC(COC(=O)CCCCCCCCC/C=C\CCCCCCCCC)COC(OCC[N+](C)(C)C)C(=O)O. The van der Waals surface area contributed by atoms with Crippen molar-refractivity contribution in [2.45, 2.75) is 251 Å². The van der Waals surface area contributed by atoms with E-state index in [9.17, 15) is 19.5 Å². The first-order chi connectivity index (χ1) is 30.1. The molecule has 0 saturated heterocycles. The highest BCUT2D eigenvalue weighted by Crippen LogP contribution is 2.15. The van der Waals surface area contributed by atoms with Gasteiger partial charge in [0.25, 0.3) is 6.29 Å². The first-order valence-electron chi connectivity index (χ1n) is 26.0. The smallest absolute Gasteiger partial charge is 0.361 e. The summed E-state index contributed by atoms with van der Waals surface area (Å²) >= 11 is 0. The van der Waals surface area contributed by atoms with Gasteiger partial charge in [-0.05, 0) is 64.2 Å². The van der Waals surface area contributed by atoms with Gasteiger partial charge in [-0.25, -0.2) is 4.79 Å². The number of hydrogen-bond donors (Lipinski definition) is 1. The van der Waals surface area contributed by atoms with Gasteiger partial charge in [0.1, 0.15) is 13.2 Å². The van der Waals surface area contributed by atoms with Crippen molar-refractivity contribution in [1.82, 2.24) is 0 Å². The lowest BCUT2D eigenvalue weighted by Crippen LogP contribution is -2.40. The van der Waals surface area contributed by atoms with Gasteiger partial charge in [-0.2, -0.15) is 0 Å². The maximum Gasteiger partial charge on any atom is 0.361 e. The van der Waals surface area contributed by atoms with Crippen LogP contribution in [0.3, 0.4) is 0 Å². The minimum Gasteiger partial charge on any atom is -0.477 e. The van der Waals surface area contributed by atoms with Crippen LogP contribution in [0.15, 0.2) is 24.3 Å². The summed E-state index contributed by atoms with van der Waals surface area (Å²) in [6.07, 6.45) is 48.1. The van der Waals surface area contributed by atoms with Gasteiger partial charge < -0.3 is 28.5 Å². The standard InChI is InChI=1S/C53H99NO8/c1-6-8-10-12-14-16-18-20-22-24-26-28-30-32-34-36-38-40-42-44-51(56)62-49(48-61-53(52(57)58)59-46-45-54(3,4)5)47-60-50(55)43-41-39-37-35-33-31-29-27-25-23-21-19-17-15-13-11-9-7-2/h20,22-23,25,49,53H,6-19,21,24,26-48H2,1-5H3/p+1/b22-20-,25-23-. The zero-order valence-electron chi connectivity index (χ0n) is 41.3. The molecule has 0 saturated carbocycles. The minimum atomic E-state index is -1.51. The fourth-order valence-corrected chi connectivity index (χ4v) is 7.36. The Morgan fingerprint density at radius 3 is 1.19 bits per heavy atom. The van der Waals surface area contributed by atoms with Gasteiger partial charge in [-0.3, -0.25) is 9.59 Å². The Hall–Kier alpha value is -2.23. The molecule has 0 radical (unpaired) electrons. The number of ether oxygens (including phenoxy) is 4. The van der Waals surface area contributed by atoms with Crippen LogP contribution < -0.4 is 0 Å². The van der Waals surface area contributed by atoms with Gasteiger partial charge in [0.2, 0.25) is 0 Å². The highest BCUT2D eigenvalue weighted by atomic mass is 16.7. The number of esters is 2. The Balaban J connectivity index is 4.33. The lowest BCUT2D eigenvalue weighted by atomic mass is 10.1. The number of allylic oxidation sites excluding steroid dienone is 4. The van der Waals surface area contributed by atoms with E-state index in [1.54, 1.807) is 0 Å². The first kappa shape index (κ1) is 59.8. The third kappa shape index (κ3) is 45.8. The molecule has 0 aromatic rings. The summed E-state index contributed by atoms with van der Waals surface area (Å²) in [5, 5.41) is 9.67. The molecule has 0 rings (SSSR count). The van der Waals surface area contributed by atoms with Crippen LogP contribution in [0.1, 0.15) is 239 Å². The molecule has 9 heteroatoms. The van der Waals surface area contributed by atoms with Gasteiger partial charge in [-0.1, -0.05) is 186 Å². The molecule has 0 bridgehead atoms. The van der Waals surface area contributed by atoms with E-state index in [4.69, 9.17) is 18.9 Å². The Bertz CT molecular complexity index is 1070. The minimum absolute atomic E-state index is 0.182. The van der Waals surface area contributed by atoms with Crippen molar-refractivity contribution in [1.29, 1.82) is 0 Å². The molecular formula is C53H100NO8+. The number of carboxylic acids is 1. The Labute approximate surface area is 382 Å². The fourth-order valence-electron chi connectivity index (χ4n) is 7.36. The molecule has 0 aliphatic rings. The molecule has 2 atom stereocenters. The van der Waals surface area contributed by atoms with Crippen LogP contribution in [0.4, 0.5) is 0 Å². The summed E-state index contributed by atoms with van der Waals surface area (Å²) in [5.41, 5.74) is 0. The summed E-state index contributed by atoms with van der Waals surface area (Å²) in [5.74, 6) is -2.00. The molecule has 0 aromatic heterocycles. The molecule has 0 aromatic carbocycles. The molecule has 0 amide bonds. The monoisotopic (exact) mass is 879 g/mol. The molecule has 364 valence electrons. The van der Waals surface area contributed by atoms with E-state index in [0.29, 0.717) is 17.4 Å². The van der Waals surface area contributed by atoms with Gasteiger partial charge in [0, 0.05) is 12.8 Å². The number of carboxylic acid groups (broad SMARTS) is 1. The molecule has 0 fully saturated rings. The Morgan fingerprint density at radius 2 is 0.823 bits per heavy atom. The van der Waals surface area contributed by atoms with Crippen LogP contribution in [0.5, 0.6) is 0 Å². The zero-order chi connectivity index (χ0) is 45.6. The van der Waals surface area contributed by atoms with Crippen LogP contribution in [0, 0.1) is 0 Å². The molecule has 0 heterocycles. The quantitative estimate of drug-likeness (QED) is 0.0212. The maximum absolute atomic E-state index is 12.8. The number of nitrogens with zero attached hydrogens (tertiary/aromatic N) is 1. The van der Waals surface area contributed by atoms with Crippen molar-refractivity contribution in [2.24, 2.45) is 0 Å². The zero-order valence-corrected chi connectivity index (χ0v) is 41.3. The van der Waals surface area contributed by atoms with Gasteiger partial charge in [0.15, 0.2) is 6.10 Å². The second-order valence-electron chi connectivity index (χ2n) is 18.8. The lowest BCUT2D eigenvalue weighted by molar-refractivity contribution is -0.870. The number of hydrogen-bond acceptors (Lipinski definition) is 7. The van der Waals surface area contributed by atoms with Crippen molar-refractivity contribution in [3.05, 3.63) is 24.3 Å². The molecule has 0 spiro atoms. The summed E-state index contributed by atoms with van der Waals surface area (Å²) in [4.78, 5) is 37.3. The summed E-state index contributed by atoms with van der Waals surface area (Å²) < 4.78 is 22.8. The van der Waals surface area contributed by atoms with Gasteiger partial charge in [-0.15, -0.1) is 0 Å². The summed E-state index contributed by atoms with van der Waals surface area (Å²) in [7, 11) is 5.96. The molecular weight excluding hydrogens is 779 g/mol. The van der Waals surface area contributed by atoms with E-state index in [0.717, 1.165) is 38.5 Å². The number of quaternary nitrogens is 1. The highest BCUT2D eigenvalue weighted by Gasteiger charge is 2.25. The third-order valence-corrected chi connectivity index (χ3v) is 11.4. The van der Waals surface area contributed by atoms with E-state index >= 15 is 0 Å². The number of aliphatic carboxylic acids is 1. The van der Waals surface area contributed by atoms with Crippen molar-refractivity contribution < 1.29 is 42.9 Å². The van der Waals surface area contributed by atoms with E-state index < -0.39 is 24.3 Å². The second-order valence-corrected chi connectivity index (χ2v) is 18.8. The maximum atomic E-state index is 12.8. The Kier molecular flexibility index (Phi) is 43.7. The highest BCUT2D eigenvalue weighted by molar-refractivity contribution is 5.71. The van der Waals surface area contributed by atoms with Crippen LogP contribution in [0.25, 0.3) is 0 Å². The Morgan fingerprint density at radius 1 is 0.468 bits per heavy atom. The number of carbonyl (C=O) groups is 3. The average molecular weight is 879 g/mol. The van der Waals surface area contributed by atoms with E-state index in [1.807, 2.05) is 21.1 Å². The van der Waals surface area contributed by atoms with Crippen LogP contribution >= 0.6 is 0 Å². The summed E-state index contributed by atoms with van der Waals surface area (Å²) in [6.45, 7) is 4.89. The van der Waals surface area contributed by atoms with Crippen molar-refractivity contribution in [3.8, 4) is 0 Å². The average Bonchev–Trinajstić information content (AvgIpc) is 3.23. The van der Waals surface area contributed by atoms with Crippen LogP contribution in [-0.2, 0) is 33.3 Å². The number of likely N-dealkylation sites (N-methyl/N-ethyl adjacent to an activating group) is 1. The normalized spacial score (nSPS) is 13.0. The number of unbranched alkanes of at least 4 members (excludes halogenated alkanes) is 29. The molecule has 2 unspecified atom stereocenters. The predicted octanol–water partition coefficient (Wildman–Crippen LogP) is 14.4. The van der Waals surface area contributed by atoms with Crippen molar-refractivity contribution in [3.63, 3.8) is 0 Å². The third-order valence-electron chi connectivity index (χ3n) is 11.4. The number of rotatable bonds is 48. The predicted molar refractivity (Wildman–Crippen MR) is 258 cm³/mol. The van der Waals surface area contributed by atoms with Crippen molar-refractivity contribution in [2.75, 3.05) is 47.5 Å². The van der Waals surface area contributed by atoms with Crippen molar-refractivity contribution >= 4 is 17.9 Å². The van der Waals surface area contributed by atoms with Gasteiger partial charge in [0.05, 0.1) is 34.4 Å². The molecule has 0 aliphatic carbocycles. The fraction of sp³-hybridized carbons (Fsp3) is 0.868. The van der Waals surface area contributed by atoms with Crippen LogP contribution in [-0.4, -0.2) is 87.4 Å². The number of carbonyl (C=O) groups excluding carboxylic acids is 2. The van der Waals surface area contributed by atoms with Crippen LogP contribution in [0.2, 0.25) is 0 Å². The van der Waals surface area contributed by atoms with Gasteiger partial charge >= 0.3 is 17.9 Å². The molecule has 9 nitrogen and oxygen atoms in total. The largest absolute Gasteiger partial charge is 0.477 e. The van der Waals surface area contributed by atoms with E-state index in [1.165, 1.54) is 173 Å². The van der Waals surface area contributed by atoms with E-state index in [-0.39, 0.29) is 32.2 Å². The first-order valence-corrected chi connectivity index (χ1v) is 26.0. The topological polar surface area (TPSA) is 108 Å². The molecule has 0 aliphatic heterocycles. The summed E-state index contributed by atoms with van der Waals surface area (Å²) in [6, 6.07) is 0. The molecule has 1 N–H and O–H groups in total. The lowest BCUT2D eigenvalue weighted by Gasteiger charge is -2.25. The second kappa shape index (κ2) is 45.3. The van der Waals surface area contributed by atoms with E-state index in [2.05, 4.69) is 38.2 Å².